The van der Waals surface area contributed by atoms with Gasteiger partial charge in [-0.25, -0.2) is 9.97 Å². The van der Waals surface area contributed by atoms with Crippen LogP contribution in [0.15, 0.2) is 47.2 Å². The van der Waals surface area contributed by atoms with Gasteiger partial charge in [0.15, 0.2) is 0 Å². The summed E-state index contributed by atoms with van der Waals surface area (Å²) in [6, 6.07) is 10.3. The summed E-state index contributed by atoms with van der Waals surface area (Å²) in [7, 11) is 0. The lowest BCUT2D eigenvalue weighted by molar-refractivity contribution is 0.790. The maximum atomic E-state index is 4.31. The molecule has 3 nitrogen and oxygen atoms in total. The molecule has 0 amide bonds. The molecule has 4 heteroatoms. The molecule has 0 fully saturated rings. The van der Waals surface area contributed by atoms with Crippen LogP contribution in [0.5, 0.6) is 0 Å². The molecule has 0 saturated heterocycles. The van der Waals surface area contributed by atoms with Crippen molar-refractivity contribution in [2.45, 2.75) is 13.5 Å². The third-order valence-corrected chi connectivity index (χ3v) is 2.90. The maximum Gasteiger partial charge on any atom is 0.225 e. The molecule has 0 aliphatic rings. The van der Waals surface area contributed by atoms with Crippen LogP contribution in [-0.2, 0) is 6.54 Å². The van der Waals surface area contributed by atoms with E-state index in [1.54, 1.807) is 12.4 Å². The molecule has 0 N–H and O–H groups in total. The summed E-state index contributed by atoms with van der Waals surface area (Å²) in [4.78, 5) is 10.8. The molecule has 0 aliphatic carbocycles. The summed E-state index contributed by atoms with van der Waals surface area (Å²) in [6.45, 7) is 3.82. The predicted octanol–water partition coefficient (Wildman–Crippen LogP) is 3.27. The molecular formula is C13H14BrN3. The Kier molecular flexibility index (Phi) is 4.09. The van der Waals surface area contributed by atoms with Gasteiger partial charge in [0.25, 0.3) is 0 Å². The zero-order valence-corrected chi connectivity index (χ0v) is 11.3. The molecule has 0 bridgehead atoms. The van der Waals surface area contributed by atoms with Gasteiger partial charge in [-0.2, -0.15) is 0 Å². The van der Waals surface area contributed by atoms with Crippen molar-refractivity contribution in [2.24, 2.45) is 0 Å². The lowest BCUT2D eigenvalue weighted by Crippen LogP contribution is -2.24. The number of rotatable bonds is 4. The Morgan fingerprint density at radius 2 is 1.76 bits per heavy atom. The minimum absolute atomic E-state index is 0.763. The third kappa shape index (κ3) is 3.27. The molecule has 2 rings (SSSR count). The first-order valence-electron chi connectivity index (χ1n) is 5.56. The molecule has 0 aliphatic heterocycles. The van der Waals surface area contributed by atoms with Crippen LogP contribution in [0, 0.1) is 0 Å². The fourth-order valence-electron chi connectivity index (χ4n) is 1.60. The SMILES string of the molecule is CCN(Cc1ccccc1)c1ncc(Br)cn1. The van der Waals surface area contributed by atoms with Crippen LogP contribution in [0.1, 0.15) is 12.5 Å². The highest BCUT2D eigenvalue weighted by Gasteiger charge is 2.07. The van der Waals surface area contributed by atoms with Gasteiger partial charge in [0.2, 0.25) is 5.95 Å². The van der Waals surface area contributed by atoms with Gasteiger partial charge >= 0.3 is 0 Å². The second-order valence-corrected chi connectivity index (χ2v) is 4.62. The Morgan fingerprint density at radius 3 is 2.35 bits per heavy atom. The van der Waals surface area contributed by atoms with Crippen LogP contribution in [0.4, 0.5) is 5.95 Å². The van der Waals surface area contributed by atoms with Gasteiger partial charge in [-0.3, -0.25) is 0 Å². The smallest absolute Gasteiger partial charge is 0.225 e. The fraction of sp³-hybridized carbons (Fsp3) is 0.231. The minimum Gasteiger partial charge on any atom is -0.337 e. The van der Waals surface area contributed by atoms with E-state index in [1.165, 1.54) is 5.56 Å². The monoisotopic (exact) mass is 291 g/mol. The van der Waals surface area contributed by atoms with Crippen molar-refractivity contribution in [1.29, 1.82) is 0 Å². The van der Waals surface area contributed by atoms with Crippen molar-refractivity contribution in [2.75, 3.05) is 11.4 Å². The lowest BCUT2D eigenvalue weighted by atomic mass is 10.2. The molecule has 0 unspecified atom stereocenters. The van der Waals surface area contributed by atoms with Crippen LogP contribution in [0.3, 0.4) is 0 Å². The van der Waals surface area contributed by atoms with Gasteiger partial charge in [-0.05, 0) is 28.4 Å². The van der Waals surface area contributed by atoms with E-state index in [1.807, 2.05) is 18.2 Å². The largest absolute Gasteiger partial charge is 0.337 e. The normalized spacial score (nSPS) is 10.2. The van der Waals surface area contributed by atoms with Gasteiger partial charge < -0.3 is 4.90 Å². The van der Waals surface area contributed by atoms with Gasteiger partial charge in [-0.15, -0.1) is 0 Å². The van der Waals surface area contributed by atoms with Crippen LogP contribution in [-0.4, -0.2) is 16.5 Å². The highest BCUT2D eigenvalue weighted by Crippen LogP contribution is 2.13. The van der Waals surface area contributed by atoms with Crippen molar-refractivity contribution in [3.8, 4) is 0 Å². The number of aromatic nitrogens is 2. The average molecular weight is 292 g/mol. The molecule has 1 heterocycles. The third-order valence-electron chi connectivity index (χ3n) is 2.49. The van der Waals surface area contributed by atoms with Gasteiger partial charge in [0.1, 0.15) is 0 Å². The number of benzene rings is 1. The van der Waals surface area contributed by atoms with E-state index in [-0.39, 0.29) is 0 Å². The zero-order chi connectivity index (χ0) is 12.1. The van der Waals surface area contributed by atoms with Gasteiger partial charge in [0.05, 0.1) is 4.47 Å². The second-order valence-electron chi connectivity index (χ2n) is 3.70. The van der Waals surface area contributed by atoms with Crippen molar-refractivity contribution in [3.05, 3.63) is 52.8 Å². The molecule has 0 saturated carbocycles. The molecule has 1 aromatic heterocycles. The first kappa shape index (κ1) is 12.0. The molecule has 88 valence electrons. The summed E-state index contributed by atoms with van der Waals surface area (Å²) >= 11 is 3.34. The maximum absolute atomic E-state index is 4.31. The average Bonchev–Trinajstić information content (AvgIpc) is 2.38. The first-order chi connectivity index (χ1) is 8.29. The molecular weight excluding hydrogens is 278 g/mol. The van der Waals surface area contributed by atoms with Crippen molar-refractivity contribution < 1.29 is 0 Å². The molecule has 17 heavy (non-hydrogen) atoms. The molecule has 0 radical (unpaired) electrons. The van der Waals surface area contributed by atoms with Gasteiger partial charge in [-0.1, -0.05) is 30.3 Å². The van der Waals surface area contributed by atoms with Crippen molar-refractivity contribution >= 4 is 21.9 Å². The lowest BCUT2D eigenvalue weighted by Gasteiger charge is -2.20. The van der Waals surface area contributed by atoms with Crippen LogP contribution >= 0.6 is 15.9 Å². The summed E-state index contributed by atoms with van der Waals surface area (Å²) in [5, 5.41) is 0. The standard InChI is InChI=1S/C13H14BrN3/c1-2-17(10-11-6-4-3-5-7-11)13-15-8-12(14)9-16-13/h3-9H,2,10H2,1H3. The van der Waals surface area contributed by atoms with Gasteiger partial charge in [0, 0.05) is 25.5 Å². The summed E-state index contributed by atoms with van der Waals surface area (Å²) < 4.78 is 0.900. The van der Waals surface area contributed by atoms with E-state index in [0.717, 1.165) is 23.5 Å². The Morgan fingerprint density at radius 1 is 1.12 bits per heavy atom. The number of anilines is 1. The Bertz CT molecular complexity index is 456. The van der Waals surface area contributed by atoms with Crippen LogP contribution < -0.4 is 4.90 Å². The first-order valence-corrected chi connectivity index (χ1v) is 6.35. The van der Waals surface area contributed by atoms with E-state index >= 15 is 0 Å². The van der Waals surface area contributed by atoms with Crippen molar-refractivity contribution in [3.63, 3.8) is 0 Å². The topological polar surface area (TPSA) is 29.0 Å². The number of hydrogen-bond acceptors (Lipinski definition) is 3. The summed E-state index contributed by atoms with van der Waals surface area (Å²) in [5.74, 6) is 0.763. The Labute approximate surface area is 110 Å². The summed E-state index contributed by atoms with van der Waals surface area (Å²) in [5.41, 5.74) is 1.26. The number of hydrogen-bond donors (Lipinski definition) is 0. The Hall–Kier alpha value is -1.42. The summed E-state index contributed by atoms with van der Waals surface area (Å²) in [6.07, 6.45) is 3.55. The van der Waals surface area contributed by atoms with E-state index in [9.17, 15) is 0 Å². The minimum atomic E-state index is 0.763. The van der Waals surface area contributed by atoms with E-state index in [4.69, 9.17) is 0 Å². The highest BCUT2D eigenvalue weighted by atomic mass is 79.9. The van der Waals surface area contributed by atoms with E-state index in [2.05, 4.69) is 49.9 Å². The molecule has 1 aromatic carbocycles. The van der Waals surface area contributed by atoms with Crippen molar-refractivity contribution in [1.82, 2.24) is 9.97 Å². The number of nitrogens with zero attached hydrogens (tertiary/aromatic N) is 3. The van der Waals surface area contributed by atoms with E-state index < -0.39 is 0 Å². The van der Waals surface area contributed by atoms with Crippen LogP contribution in [0.2, 0.25) is 0 Å². The molecule has 2 aromatic rings. The fourth-order valence-corrected chi connectivity index (χ4v) is 1.80. The quantitative estimate of drug-likeness (QED) is 0.866. The second kappa shape index (κ2) is 5.77. The zero-order valence-electron chi connectivity index (χ0n) is 9.68. The van der Waals surface area contributed by atoms with Crippen LogP contribution in [0.25, 0.3) is 0 Å². The predicted molar refractivity (Wildman–Crippen MR) is 72.9 cm³/mol. The highest BCUT2D eigenvalue weighted by molar-refractivity contribution is 9.10. The molecule has 0 atom stereocenters. The molecule has 0 spiro atoms. The number of halogens is 1. The van der Waals surface area contributed by atoms with E-state index in [0.29, 0.717) is 0 Å². The Balaban J connectivity index is 2.14.